The van der Waals surface area contributed by atoms with Gasteiger partial charge < -0.3 is 9.73 Å². The average Bonchev–Trinajstić information content (AvgIpc) is 2.81. The van der Waals surface area contributed by atoms with Gasteiger partial charge in [-0.3, -0.25) is 0 Å². The van der Waals surface area contributed by atoms with Gasteiger partial charge in [0.05, 0.1) is 0 Å². The molecule has 2 rings (SSSR count). The van der Waals surface area contributed by atoms with E-state index in [2.05, 4.69) is 25.2 Å². The molecule has 2 aromatic rings. The van der Waals surface area contributed by atoms with Gasteiger partial charge in [-0.25, -0.2) is 18.1 Å². The Balaban J connectivity index is 2.13. The molecule has 0 fully saturated rings. The van der Waals surface area contributed by atoms with Crippen LogP contribution in [0.4, 0.5) is 11.8 Å². The number of hydrogen-bond donors (Lipinski definition) is 2. The van der Waals surface area contributed by atoms with Gasteiger partial charge in [0, 0.05) is 19.7 Å². The highest BCUT2D eigenvalue weighted by molar-refractivity contribution is 7.92. The summed E-state index contributed by atoms with van der Waals surface area (Å²) < 4.78 is 31.2. The minimum Gasteiger partial charge on any atom is -0.408 e. The number of nitrogens with one attached hydrogen (secondary N) is 2. The summed E-state index contributed by atoms with van der Waals surface area (Å²) in [5.74, 6) is 0.902. The Kier molecular flexibility index (Phi) is 4.18. The van der Waals surface area contributed by atoms with Crippen molar-refractivity contribution in [3.8, 4) is 0 Å². The van der Waals surface area contributed by atoms with Gasteiger partial charge in [0.25, 0.3) is 10.0 Å². The van der Waals surface area contributed by atoms with Crippen molar-refractivity contribution in [2.24, 2.45) is 0 Å². The number of rotatable bonds is 6. The number of nitrogens with zero attached hydrogens (tertiary/aromatic N) is 3. The van der Waals surface area contributed by atoms with E-state index < -0.39 is 10.0 Å². The lowest BCUT2D eigenvalue weighted by atomic mass is 10.4. The van der Waals surface area contributed by atoms with E-state index in [4.69, 9.17) is 4.42 Å². The molecular weight excluding hydrogens is 282 g/mol. The van der Waals surface area contributed by atoms with E-state index in [0.29, 0.717) is 5.82 Å². The number of aromatic nitrogens is 3. The number of anilines is 2. The smallest absolute Gasteiger partial charge is 0.329 e. The second kappa shape index (κ2) is 5.87. The van der Waals surface area contributed by atoms with E-state index in [0.717, 1.165) is 13.0 Å². The highest BCUT2D eigenvalue weighted by atomic mass is 32.2. The normalized spacial score (nSPS) is 11.3. The fourth-order valence-corrected chi connectivity index (χ4v) is 2.28. The maximum absolute atomic E-state index is 12.0. The Morgan fingerprint density at radius 3 is 2.65 bits per heavy atom. The molecule has 0 saturated heterocycles. The molecule has 20 heavy (non-hydrogen) atoms. The molecule has 0 aliphatic heterocycles. The number of pyridine rings is 1. The van der Waals surface area contributed by atoms with Gasteiger partial charge in [-0.1, -0.05) is 12.0 Å². The summed E-state index contributed by atoms with van der Waals surface area (Å²) in [5.41, 5.74) is 0. The largest absolute Gasteiger partial charge is 0.408 e. The summed E-state index contributed by atoms with van der Waals surface area (Å²) in [5, 5.41) is 10.2. The Labute approximate surface area is 116 Å². The third-order valence-electron chi connectivity index (χ3n) is 2.35. The molecule has 0 amide bonds. The fraction of sp³-hybridized carbons (Fsp3) is 0.364. The lowest BCUT2D eigenvalue weighted by molar-refractivity contribution is 0.534. The Hall–Kier alpha value is -2.16. The zero-order chi connectivity index (χ0) is 14.6. The molecule has 0 unspecified atom stereocenters. The number of sulfonamides is 1. The number of hydrogen-bond acceptors (Lipinski definition) is 7. The van der Waals surface area contributed by atoms with Crippen LogP contribution in [0.5, 0.6) is 0 Å². The molecule has 0 spiro atoms. The molecule has 2 aromatic heterocycles. The monoisotopic (exact) mass is 297 g/mol. The maximum atomic E-state index is 12.0. The van der Waals surface area contributed by atoms with Crippen LogP contribution in [0.15, 0.2) is 27.6 Å². The molecule has 2 N–H and O–H groups in total. The summed E-state index contributed by atoms with van der Waals surface area (Å²) in [6.45, 7) is 4.38. The molecule has 9 heteroatoms. The van der Waals surface area contributed by atoms with Crippen molar-refractivity contribution >= 4 is 21.9 Å². The fourth-order valence-electron chi connectivity index (χ4n) is 1.41. The molecule has 0 atom stereocenters. The number of aryl methyl sites for hydroxylation is 1. The second-order valence-electron chi connectivity index (χ2n) is 4.04. The van der Waals surface area contributed by atoms with Crippen LogP contribution in [0.25, 0.3) is 0 Å². The van der Waals surface area contributed by atoms with Crippen molar-refractivity contribution < 1.29 is 12.8 Å². The first kappa shape index (κ1) is 14.3. The van der Waals surface area contributed by atoms with E-state index in [-0.39, 0.29) is 16.8 Å². The predicted molar refractivity (Wildman–Crippen MR) is 72.9 cm³/mol. The molecule has 2 heterocycles. The van der Waals surface area contributed by atoms with Gasteiger partial charge in [-0.15, -0.1) is 5.10 Å². The lowest BCUT2D eigenvalue weighted by Crippen LogP contribution is -2.14. The first-order chi connectivity index (χ1) is 9.51. The SMILES string of the molecule is CCCNc1ccc(S(=O)(=O)Nc2nnc(C)o2)cn1. The van der Waals surface area contributed by atoms with Gasteiger partial charge in [-0.2, -0.15) is 0 Å². The Bertz CT molecular complexity index is 666. The molecule has 0 aliphatic carbocycles. The standard InChI is InChI=1S/C11H15N5O3S/c1-3-6-12-10-5-4-9(7-13-10)20(17,18)16-11-15-14-8(2)19-11/h4-5,7H,3,6H2,1-2H3,(H,12,13)(H,15,16). The lowest BCUT2D eigenvalue weighted by Gasteiger charge is -2.06. The summed E-state index contributed by atoms with van der Waals surface area (Å²) in [4.78, 5) is 4.06. The topological polar surface area (TPSA) is 110 Å². The molecule has 108 valence electrons. The first-order valence-corrected chi connectivity index (χ1v) is 7.52. The summed E-state index contributed by atoms with van der Waals surface area (Å²) in [6, 6.07) is 2.88. The molecule has 0 aliphatic rings. The average molecular weight is 297 g/mol. The van der Waals surface area contributed by atoms with E-state index >= 15 is 0 Å². The van der Waals surface area contributed by atoms with E-state index in [1.807, 2.05) is 6.92 Å². The van der Waals surface area contributed by atoms with Gasteiger partial charge in [0.1, 0.15) is 10.7 Å². The maximum Gasteiger partial charge on any atom is 0.329 e. The van der Waals surface area contributed by atoms with Gasteiger partial charge in [0.2, 0.25) is 5.89 Å². The molecule has 0 saturated carbocycles. The van der Waals surface area contributed by atoms with Crippen LogP contribution in [0, 0.1) is 6.92 Å². The van der Waals surface area contributed by atoms with Crippen molar-refractivity contribution in [1.82, 2.24) is 15.2 Å². The van der Waals surface area contributed by atoms with Crippen LogP contribution in [-0.4, -0.2) is 30.1 Å². The van der Waals surface area contributed by atoms with Crippen molar-refractivity contribution in [1.29, 1.82) is 0 Å². The molecule has 8 nitrogen and oxygen atoms in total. The van der Waals surface area contributed by atoms with Crippen molar-refractivity contribution in [2.75, 3.05) is 16.6 Å². The van der Waals surface area contributed by atoms with Crippen LogP contribution >= 0.6 is 0 Å². The highest BCUT2D eigenvalue weighted by Crippen LogP contribution is 2.15. The summed E-state index contributed by atoms with van der Waals surface area (Å²) in [7, 11) is -3.77. The zero-order valence-electron chi connectivity index (χ0n) is 11.1. The molecule has 0 aromatic carbocycles. The predicted octanol–water partition coefficient (Wildman–Crippen LogP) is 1.40. The third kappa shape index (κ3) is 3.44. The summed E-state index contributed by atoms with van der Waals surface area (Å²) >= 11 is 0. The van der Waals surface area contributed by atoms with E-state index in [1.165, 1.54) is 12.3 Å². The van der Waals surface area contributed by atoms with Gasteiger partial charge in [-0.05, 0) is 18.6 Å². The summed E-state index contributed by atoms with van der Waals surface area (Å²) in [6.07, 6.45) is 2.23. The van der Waals surface area contributed by atoms with Crippen molar-refractivity contribution in [3.63, 3.8) is 0 Å². The molecular formula is C11H15N5O3S. The van der Waals surface area contributed by atoms with Crippen LogP contribution in [-0.2, 0) is 10.0 Å². The van der Waals surface area contributed by atoms with E-state index in [9.17, 15) is 8.42 Å². The first-order valence-electron chi connectivity index (χ1n) is 6.04. The van der Waals surface area contributed by atoms with Gasteiger partial charge in [0.15, 0.2) is 0 Å². The van der Waals surface area contributed by atoms with E-state index in [1.54, 1.807) is 13.0 Å². The zero-order valence-corrected chi connectivity index (χ0v) is 11.9. The van der Waals surface area contributed by atoms with Crippen LogP contribution in [0.2, 0.25) is 0 Å². The van der Waals surface area contributed by atoms with Crippen molar-refractivity contribution in [2.45, 2.75) is 25.2 Å². The van der Waals surface area contributed by atoms with Crippen LogP contribution in [0.1, 0.15) is 19.2 Å². The minimum absolute atomic E-state index is 0.0235. The minimum atomic E-state index is -3.77. The van der Waals surface area contributed by atoms with Crippen LogP contribution in [0.3, 0.4) is 0 Å². The van der Waals surface area contributed by atoms with Crippen LogP contribution < -0.4 is 10.0 Å². The Morgan fingerprint density at radius 2 is 2.10 bits per heavy atom. The third-order valence-corrected chi connectivity index (χ3v) is 3.66. The molecule has 0 bridgehead atoms. The quantitative estimate of drug-likeness (QED) is 0.829. The molecule has 0 radical (unpaired) electrons. The highest BCUT2D eigenvalue weighted by Gasteiger charge is 2.17. The van der Waals surface area contributed by atoms with Crippen molar-refractivity contribution in [3.05, 3.63) is 24.2 Å². The second-order valence-corrected chi connectivity index (χ2v) is 5.72. The Morgan fingerprint density at radius 1 is 1.30 bits per heavy atom. The van der Waals surface area contributed by atoms with Gasteiger partial charge >= 0.3 is 6.01 Å².